The average molecular weight is 341 g/mol. The van der Waals surface area contributed by atoms with E-state index in [1.54, 1.807) is 17.0 Å². The maximum absolute atomic E-state index is 12.1. The highest BCUT2D eigenvalue weighted by Gasteiger charge is 2.21. The Morgan fingerprint density at radius 2 is 2.00 bits per heavy atom. The number of methoxy groups -OCH3 is 1. The molecule has 8 nitrogen and oxygen atoms in total. The van der Waals surface area contributed by atoms with Gasteiger partial charge in [0.05, 0.1) is 26.9 Å². The quantitative estimate of drug-likeness (QED) is 0.603. The molecule has 1 heterocycles. The van der Waals surface area contributed by atoms with Crippen LogP contribution in [0.15, 0.2) is 18.2 Å². The highest BCUT2D eigenvalue weighted by molar-refractivity contribution is 5.78. The molecule has 134 valence electrons. The average Bonchev–Trinajstić information content (AvgIpc) is 2.65. The zero-order valence-electron chi connectivity index (χ0n) is 13.6. The fraction of sp³-hybridized carbons (Fsp3) is 0.562. The van der Waals surface area contributed by atoms with E-state index in [9.17, 15) is 15.0 Å². The summed E-state index contributed by atoms with van der Waals surface area (Å²) in [6.07, 6.45) is -2.53. The van der Waals surface area contributed by atoms with Crippen molar-refractivity contribution in [1.29, 1.82) is 0 Å². The number of carbonyl (C=O) groups is 1. The van der Waals surface area contributed by atoms with Crippen molar-refractivity contribution in [2.45, 2.75) is 12.2 Å². The van der Waals surface area contributed by atoms with Crippen molar-refractivity contribution in [2.75, 3.05) is 46.6 Å². The summed E-state index contributed by atoms with van der Waals surface area (Å²) < 4.78 is 15.9. The fourth-order valence-corrected chi connectivity index (χ4v) is 2.35. The molecule has 1 amide bonds. The molecular formula is C16H23NO7. The predicted molar refractivity (Wildman–Crippen MR) is 83.9 cm³/mol. The number of rotatable bonds is 7. The first kappa shape index (κ1) is 18.5. The van der Waals surface area contributed by atoms with E-state index in [4.69, 9.17) is 19.3 Å². The topological polar surface area (TPSA) is 109 Å². The van der Waals surface area contributed by atoms with E-state index < -0.39 is 18.8 Å². The number of aliphatic hydroxyl groups excluding tert-OH is 3. The maximum Gasteiger partial charge on any atom is 0.260 e. The predicted octanol–water partition coefficient (Wildman–Crippen LogP) is -0.681. The third kappa shape index (κ3) is 4.57. The minimum Gasteiger partial charge on any atom is -0.493 e. The summed E-state index contributed by atoms with van der Waals surface area (Å²) in [5.74, 6) is 0.542. The van der Waals surface area contributed by atoms with Crippen LogP contribution in [0.5, 0.6) is 11.5 Å². The number of amides is 1. The van der Waals surface area contributed by atoms with Crippen molar-refractivity contribution in [2.24, 2.45) is 0 Å². The molecule has 1 aliphatic rings. The third-order valence-electron chi connectivity index (χ3n) is 3.80. The number of hydrogen-bond acceptors (Lipinski definition) is 7. The molecule has 0 aliphatic carbocycles. The number of hydrogen-bond donors (Lipinski definition) is 3. The summed E-state index contributed by atoms with van der Waals surface area (Å²) in [6.45, 7) is 1.45. The van der Waals surface area contributed by atoms with Crippen molar-refractivity contribution >= 4 is 5.91 Å². The second kappa shape index (κ2) is 8.84. The van der Waals surface area contributed by atoms with Crippen LogP contribution >= 0.6 is 0 Å². The Kier molecular flexibility index (Phi) is 6.80. The molecule has 1 aliphatic heterocycles. The number of benzene rings is 1. The number of aliphatic hydroxyl groups is 3. The van der Waals surface area contributed by atoms with Crippen LogP contribution in [0.1, 0.15) is 11.7 Å². The van der Waals surface area contributed by atoms with Gasteiger partial charge >= 0.3 is 0 Å². The zero-order valence-corrected chi connectivity index (χ0v) is 13.6. The van der Waals surface area contributed by atoms with Gasteiger partial charge in [-0.3, -0.25) is 4.79 Å². The van der Waals surface area contributed by atoms with Crippen LogP contribution in [0.3, 0.4) is 0 Å². The van der Waals surface area contributed by atoms with Gasteiger partial charge in [-0.05, 0) is 17.7 Å². The highest BCUT2D eigenvalue weighted by atomic mass is 16.5. The molecule has 2 atom stereocenters. The van der Waals surface area contributed by atoms with Gasteiger partial charge in [-0.15, -0.1) is 0 Å². The Morgan fingerprint density at radius 1 is 1.29 bits per heavy atom. The molecular weight excluding hydrogens is 318 g/mol. The Balaban J connectivity index is 2.00. The molecule has 8 heteroatoms. The van der Waals surface area contributed by atoms with Crippen LogP contribution in [0.4, 0.5) is 0 Å². The van der Waals surface area contributed by atoms with Gasteiger partial charge in [0.1, 0.15) is 12.2 Å². The standard InChI is InChI=1S/C16H23NO7/c1-22-14-8-11(16(21)12(19)9-18)2-3-13(14)24-10-15(20)17-4-6-23-7-5-17/h2-3,8,12,16,18-19,21H,4-7,9-10H2,1H3. The van der Waals surface area contributed by atoms with Crippen LogP contribution in [-0.4, -0.2) is 78.9 Å². The minimum absolute atomic E-state index is 0.127. The molecule has 1 saturated heterocycles. The van der Waals surface area contributed by atoms with Crippen LogP contribution in [0.2, 0.25) is 0 Å². The highest BCUT2D eigenvalue weighted by Crippen LogP contribution is 2.31. The molecule has 2 rings (SSSR count). The lowest BCUT2D eigenvalue weighted by molar-refractivity contribution is -0.137. The molecule has 0 spiro atoms. The number of morpholine rings is 1. The van der Waals surface area contributed by atoms with Crippen LogP contribution in [-0.2, 0) is 9.53 Å². The molecule has 3 N–H and O–H groups in total. The van der Waals surface area contributed by atoms with Crippen molar-refractivity contribution in [3.05, 3.63) is 23.8 Å². The van der Waals surface area contributed by atoms with Crippen LogP contribution < -0.4 is 9.47 Å². The third-order valence-corrected chi connectivity index (χ3v) is 3.80. The minimum atomic E-state index is -1.29. The second-order valence-corrected chi connectivity index (χ2v) is 5.39. The molecule has 1 fully saturated rings. The van der Waals surface area contributed by atoms with Gasteiger partial charge in [-0.1, -0.05) is 6.07 Å². The first-order chi connectivity index (χ1) is 11.6. The summed E-state index contributed by atoms with van der Waals surface area (Å²) in [7, 11) is 1.44. The van der Waals surface area contributed by atoms with Gasteiger partial charge in [0, 0.05) is 13.1 Å². The molecule has 1 aromatic rings. The van der Waals surface area contributed by atoms with Gasteiger partial charge < -0.3 is 34.4 Å². The Bertz CT molecular complexity index is 545. The maximum atomic E-state index is 12.1. The molecule has 1 aromatic carbocycles. The van der Waals surface area contributed by atoms with E-state index in [0.717, 1.165) is 0 Å². The number of nitrogens with zero attached hydrogens (tertiary/aromatic N) is 1. The first-order valence-electron chi connectivity index (χ1n) is 7.70. The van der Waals surface area contributed by atoms with Crippen molar-refractivity contribution < 1.29 is 34.3 Å². The first-order valence-corrected chi connectivity index (χ1v) is 7.70. The van der Waals surface area contributed by atoms with E-state index in [0.29, 0.717) is 43.4 Å². The summed E-state index contributed by atoms with van der Waals surface area (Å²) >= 11 is 0. The summed E-state index contributed by atoms with van der Waals surface area (Å²) in [4.78, 5) is 13.8. The monoisotopic (exact) mass is 341 g/mol. The van der Waals surface area contributed by atoms with Gasteiger partial charge in [0.2, 0.25) is 0 Å². The Morgan fingerprint density at radius 3 is 2.62 bits per heavy atom. The molecule has 0 aromatic heterocycles. The van der Waals surface area contributed by atoms with E-state index in [1.807, 2.05) is 0 Å². The van der Waals surface area contributed by atoms with E-state index in [-0.39, 0.29) is 12.5 Å². The van der Waals surface area contributed by atoms with Crippen molar-refractivity contribution in [3.8, 4) is 11.5 Å². The fourth-order valence-electron chi connectivity index (χ4n) is 2.35. The molecule has 24 heavy (non-hydrogen) atoms. The molecule has 0 saturated carbocycles. The Hall–Kier alpha value is -1.87. The van der Waals surface area contributed by atoms with Gasteiger partial charge in [-0.25, -0.2) is 0 Å². The number of carbonyl (C=O) groups excluding carboxylic acids is 1. The molecule has 2 unspecified atom stereocenters. The van der Waals surface area contributed by atoms with Gasteiger partial charge in [0.25, 0.3) is 5.91 Å². The number of ether oxygens (including phenoxy) is 3. The van der Waals surface area contributed by atoms with Crippen LogP contribution in [0.25, 0.3) is 0 Å². The lowest BCUT2D eigenvalue weighted by atomic mass is 10.0. The molecule has 0 bridgehead atoms. The van der Waals surface area contributed by atoms with E-state index >= 15 is 0 Å². The summed E-state index contributed by atoms with van der Waals surface area (Å²) in [6, 6.07) is 4.59. The Labute approximate surface area is 140 Å². The van der Waals surface area contributed by atoms with Crippen LogP contribution in [0, 0.1) is 0 Å². The SMILES string of the molecule is COc1cc(C(O)C(O)CO)ccc1OCC(=O)N1CCOCC1. The second-order valence-electron chi connectivity index (χ2n) is 5.39. The lowest BCUT2D eigenvalue weighted by Crippen LogP contribution is -2.43. The smallest absolute Gasteiger partial charge is 0.260 e. The van der Waals surface area contributed by atoms with Crippen molar-refractivity contribution in [1.82, 2.24) is 4.90 Å². The largest absolute Gasteiger partial charge is 0.493 e. The van der Waals surface area contributed by atoms with Gasteiger partial charge in [0.15, 0.2) is 18.1 Å². The lowest BCUT2D eigenvalue weighted by Gasteiger charge is -2.26. The van der Waals surface area contributed by atoms with Gasteiger partial charge in [-0.2, -0.15) is 0 Å². The summed E-state index contributed by atoms with van der Waals surface area (Å²) in [5, 5.41) is 28.3. The summed E-state index contributed by atoms with van der Waals surface area (Å²) in [5.41, 5.74) is 0.375. The van der Waals surface area contributed by atoms with E-state index in [2.05, 4.69) is 0 Å². The normalized spacial score (nSPS) is 17.2. The zero-order chi connectivity index (χ0) is 17.5. The van der Waals surface area contributed by atoms with Crippen molar-refractivity contribution in [3.63, 3.8) is 0 Å². The molecule has 0 radical (unpaired) electrons. The van der Waals surface area contributed by atoms with E-state index in [1.165, 1.54) is 13.2 Å².